The number of hydrogen-bond acceptors (Lipinski definition) is 4. The molecule has 0 fully saturated rings. The van der Waals surface area contributed by atoms with Gasteiger partial charge in [0.25, 0.3) is 0 Å². The van der Waals surface area contributed by atoms with Crippen LogP contribution in [0.1, 0.15) is 18.3 Å². The molecule has 0 unspecified atom stereocenters. The van der Waals surface area contributed by atoms with E-state index in [0.29, 0.717) is 25.2 Å². The summed E-state index contributed by atoms with van der Waals surface area (Å²) in [6.45, 7) is 2.11. The number of H-pyrrole nitrogens is 1. The SMILES string of the molecule is CC(=O)Nc1ccc(S(=O)(=O)N2CCc3nc[nH]c3C2)cc1. The molecule has 0 saturated carbocycles. The number of benzene rings is 1. The predicted molar refractivity (Wildman–Crippen MR) is 80.6 cm³/mol. The van der Waals surface area contributed by atoms with Gasteiger partial charge in [-0.1, -0.05) is 0 Å². The Morgan fingerprint density at radius 2 is 2.05 bits per heavy atom. The fourth-order valence-corrected chi connectivity index (χ4v) is 3.86. The number of imidazole rings is 1. The Morgan fingerprint density at radius 1 is 1.32 bits per heavy atom. The number of nitrogens with zero attached hydrogens (tertiary/aromatic N) is 2. The number of amides is 1. The zero-order valence-corrected chi connectivity index (χ0v) is 12.9. The molecule has 1 aromatic heterocycles. The van der Waals surface area contributed by atoms with Gasteiger partial charge in [0.2, 0.25) is 15.9 Å². The molecule has 1 aromatic carbocycles. The van der Waals surface area contributed by atoms with Crippen LogP contribution in [0.2, 0.25) is 0 Å². The average molecular weight is 320 g/mol. The smallest absolute Gasteiger partial charge is 0.243 e. The third-order valence-electron chi connectivity index (χ3n) is 3.55. The largest absolute Gasteiger partial charge is 0.347 e. The number of anilines is 1. The second kappa shape index (κ2) is 5.54. The van der Waals surface area contributed by atoms with Crippen molar-refractivity contribution in [3.8, 4) is 0 Å². The minimum absolute atomic E-state index is 0.196. The predicted octanol–water partition coefficient (Wildman–Crippen LogP) is 1.12. The van der Waals surface area contributed by atoms with E-state index in [2.05, 4.69) is 15.3 Å². The van der Waals surface area contributed by atoms with Crippen molar-refractivity contribution in [1.82, 2.24) is 14.3 Å². The molecule has 1 aliphatic rings. The molecule has 8 heteroatoms. The Morgan fingerprint density at radius 3 is 2.73 bits per heavy atom. The van der Waals surface area contributed by atoms with Crippen molar-refractivity contribution in [3.63, 3.8) is 0 Å². The Kier molecular flexibility index (Phi) is 3.71. The number of carbonyl (C=O) groups excluding carboxylic acids is 1. The van der Waals surface area contributed by atoms with Crippen LogP contribution < -0.4 is 5.32 Å². The summed E-state index contributed by atoms with van der Waals surface area (Å²) in [7, 11) is -3.56. The summed E-state index contributed by atoms with van der Waals surface area (Å²) < 4.78 is 26.7. The molecule has 2 aromatic rings. The lowest BCUT2D eigenvalue weighted by atomic mass is 10.2. The minimum atomic E-state index is -3.56. The lowest BCUT2D eigenvalue weighted by Gasteiger charge is -2.25. The number of fused-ring (bicyclic) bond motifs is 1. The van der Waals surface area contributed by atoms with Gasteiger partial charge < -0.3 is 10.3 Å². The summed E-state index contributed by atoms with van der Waals surface area (Å²) in [5.74, 6) is -0.196. The van der Waals surface area contributed by atoms with Crippen molar-refractivity contribution in [3.05, 3.63) is 42.0 Å². The first kappa shape index (κ1) is 14.7. The maximum atomic E-state index is 12.7. The average Bonchev–Trinajstić information content (AvgIpc) is 2.94. The van der Waals surface area contributed by atoms with Gasteiger partial charge >= 0.3 is 0 Å². The third-order valence-corrected chi connectivity index (χ3v) is 5.41. The Bertz CT molecular complexity index is 796. The standard InChI is InChI=1S/C14H16N4O3S/c1-10(19)17-11-2-4-12(5-3-11)22(20,21)18-7-6-13-14(8-18)16-9-15-13/h2-5,9H,6-8H2,1H3,(H,15,16)(H,17,19). The fourth-order valence-electron chi connectivity index (χ4n) is 2.46. The molecular formula is C14H16N4O3S. The number of sulfonamides is 1. The maximum Gasteiger partial charge on any atom is 0.243 e. The van der Waals surface area contributed by atoms with Gasteiger partial charge in [0.05, 0.1) is 29.2 Å². The molecule has 1 amide bonds. The highest BCUT2D eigenvalue weighted by Gasteiger charge is 2.29. The van der Waals surface area contributed by atoms with Gasteiger partial charge in [-0.15, -0.1) is 0 Å². The quantitative estimate of drug-likeness (QED) is 0.886. The van der Waals surface area contributed by atoms with Gasteiger partial charge in [0, 0.05) is 25.6 Å². The van der Waals surface area contributed by atoms with Crippen LogP contribution in [0.5, 0.6) is 0 Å². The minimum Gasteiger partial charge on any atom is -0.347 e. The number of aromatic amines is 1. The first-order chi connectivity index (χ1) is 10.5. The number of aromatic nitrogens is 2. The summed E-state index contributed by atoms with van der Waals surface area (Å²) in [4.78, 5) is 18.3. The first-order valence-electron chi connectivity index (χ1n) is 6.86. The van der Waals surface area contributed by atoms with E-state index in [1.54, 1.807) is 18.5 Å². The van der Waals surface area contributed by atoms with Gasteiger partial charge in [-0.3, -0.25) is 4.79 Å². The summed E-state index contributed by atoms with van der Waals surface area (Å²) in [5, 5.41) is 2.61. The van der Waals surface area contributed by atoms with E-state index in [1.165, 1.54) is 23.4 Å². The molecule has 0 bridgehead atoms. The van der Waals surface area contributed by atoms with Gasteiger partial charge in [-0.25, -0.2) is 13.4 Å². The highest BCUT2D eigenvalue weighted by molar-refractivity contribution is 7.89. The van der Waals surface area contributed by atoms with Crippen molar-refractivity contribution in [2.45, 2.75) is 24.8 Å². The number of rotatable bonds is 3. The molecular weight excluding hydrogens is 304 g/mol. The van der Waals surface area contributed by atoms with E-state index in [0.717, 1.165) is 11.4 Å². The summed E-state index contributed by atoms with van der Waals surface area (Å²) in [6.07, 6.45) is 2.19. The lowest BCUT2D eigenvalue weighted by molar-refractivity contribution is -0.114. The maximum absolute atomic E-state index is 12.7. The van der Waals surface area contributed by atoms with E-state index in [4.69, 9.17) is 0 Å². The molecule has 3 rings (SSSR count). The number of hydrogen-bond donors (Lipinski definition) is 2. The van der Waals surface area contributed by atoms with Crippen LogP contribution in [-0.2, 0) is 27.8 Å². The molecule has 2 N–H and O–H groups in total. The van der Waals surface area contributed by atoms with Crippen LogP contribution in [-0.4, -0.2) is 35.1 Å². The molecule has 2 heterocycles. The molecule has 22 heavy (non-hydrogen) atoms. The molecule has 0 radical (unpaired) electrons. The number of carbonyl (C=O) groups is 1. The van der Waals surface area contributed by atoms with Gasteiger partial charge in [-0.05, 0) is 24.3 Å². The van der Waals surface area contributed by atoms with Crippen LogP contribution in [0.4, 0.5) is 5.69 Å². The van der Waals surface area contributed by atoms with Crippen molar-refractivity contribution in [2.75, 3.05) is 11.9 Å². The Labute approximate surface area is 128 Å². The second-order valence-corrected chi connectivity index (χ2v) is 7.06. The lowest BCUT2D eigenvalue weighted by Crippen LogP contribution is -2.36. The summed E-state index contributed by atoms with van der Waals surface area (Å²) >= 11 is 0. The normalized spacial score (nSPS) is 15.3. The van der Waals surface area contributed by atoms with Crippen LogP contribution in [0.15, 0.2) is 35.5 Å². The summed E-state index contributed by atoms with van der Waals surface area (Å²) in [5.41, 5.74) is 2.33. The van der Waals surface area contributed by atoms with E-state index < -0.39 is 10.0 Å². The van der Waals surface area contributed by atoms with Crippen molar-refractivity contribution in [2.24, 2.45) is 0 Å². The van der Waals surface area contributed by atoms with E-state index in [9.17, 15) is 13.2 Å². The van der Waals surface area contributed by atoms with E-state index in [1.807, 2.05) is 0 Å². The molecule has 0 aliphatic carbocycles. The summed E-state index contributed by atoms with van der Waals surface area (Å²) in [6, 6.07) is 6.17. The van der Waals surface area contributed by atoms with Gasteiger partial charge in [0.1, 0.15) is 0 Å². The second-order valence-electron chi connectivity index (χ2n) is 5.12. The van der Waals surface area contributed by atoms with Gasteiger partial charge in [-0.2, -0.15) is 4.31 Å². The van der Waals surface area contributed by atoms with Crippen LogP contribution in [0, 0.1) is 0 Å². The van der Waals surface area contributed by atoms with Crippen LogP contribution >= 0.6 is 0 Å². The molecule has 7 nitrogen and oxygen atoms in total. The van der Waals surface area contributed by atoms with Crippen LogP contribution in [0.25, 0.3) is 0 Å². The van der Waals surface area contributed by atoms with Crippen molar-refractivity contribution >= 4 is 21.6 Å². The topological polar surface area (TPSA) is 95.2 Å². The molecule has 0 spiro atoms. The van der Waals surface area contributed by atoms with Gasteiger partial charge in [0.15, 0.2) is 0 Å². The highest BCUT2D eigenvalue weighted by atomic mass is 32.2. The van der Waals surface area contributed by atoms with Crippen molar-refractivity contribution in [1.29, 1.82) is 0 Å². The van der Waals surface area contributed by atoms with Crippen molar-refractivity contribution < 1.29 is 13.2 Å². The molecule has 0 atom stereocenters. The Hall–Kier alpha value is -2.19. The third kappa shape index (κ3) is 2.75. The Balaban J connectivity index is 1.83. The molecule has 116 valence electrons. The number of nitrogens with one attached hydrogen (secondary N) is 2. The van der Waals surface area contributed by atoms with Crippen LogP contribution in [0.3, 0.4) is 0 Å². The van der Waals surface area contributed by atoms with E-state index >= 15 is 0 Å². The van der Waals surface area contributed by atoms with E-state index in [-0.39, 0.29) is 10.8 Å². The molecule has 0 saturated heterocycles. The fraction of sp³-hybridized carbons (Fsp3) is 0.286. The zero-order valence-electron chi connectivity index (χ0n) is 12.0. The highest BCUT2D eigenvalue weighted by Crippen LogP contribution is 2.24. The first-order valence-corrected chi connectivity index (χ1v) is 8.30. The monoisotopic (exact) mass is 320 g/mol. The molecule has 1 aliphatic heterocycles. The zero-order chi connectivity index (χ0) is 15.7.